The smallest absolute Gasteiger partial charge is 0.251 e. The van der Waals surface area contributed by atoms with E-state index >= 15 is 0 Å². The fraction of sp³-hybridized carbons (Fsp3) is 0.167. The first kappa shape index (κ1) is 15.7. The molecule has 3 aromatic rings. The number of nitrogens with zero attached hydrogens (tertiary/aromatic N) is 2. The van der Waals surface area contributed by atoms with E-state index in [2.05, 4.69) is 15.6 Å². The molecule has 0 aliphatic carbocycles. The van der Waals surface area contributed by atoms with E-state index in [4.69, 9.17) is 0 Å². The fourth-order valence-corrected chi connectivity index (χ4v) is 2.43. The molecular formula is C18H18N4O2. The number of hydrogen-bond donors (Lipinski definition) is 2. The van der Waals surface area contributed by atoms with Gasteiger partial charge in [0.05, 0.1) is 5.69 Å². The number of benzene rings is 1. The molecule has 0 fully saturated rings. The van der Waals surface area contributed by atoms with Gasteiger partial charge in [0.25, 0.3) is 5.91 Å². The maximum atomic E-state index is 12.1. The van der Waals surface area contributed by atoms with E-state index in [1.165, 1.54) is 0 Å². The lowest BCUT2D eigenvalue weighted by Gasteiger charge is -2.14. The predicted molar refractivity (Wildman–Crippen MR) is 91.8 cm³/mol. The Morgan fingerprint density at radius 2 is 1.96 bits per heavy atom. The van der Waals surface area contributed by atoms with Crippen molar-refractivity contribution in [3.63, 3.8) is 0 Å². The molecule has 0 bridgehead atoms. The highest BCUT2D eigenvalue weighted by Crippen LogP contribution is 2.10. The molecule has 0 aliphatic heterocycles. The van der Waals surface area contributed by atoms with Gasteiger partial charge in [0.1, 0.15) is 5.65 Å². The Bertz CT molecular complexity index is 858. The number of rotatable bonds is 5. The summed E-state index contributed by atoms with van der Waals surface area (Å²) in [5, 5.41) is 5.65. The van der Waals surface area contributed by atoms with Gasteiger partial charge in [-0.05, 0) is 31.2 Å². The number of aromatic nitrogens is 2. The van der Waals surface area contributed by atoms with Gasteiger partial charge in [0, 0.05) is 36.6 Å². The van der Waals surface area contributed by atoms with E-state index in [0.717, 1.165) is 5.65 Å². The number of amides is 2. The van der Waals surface area contributed by atoms with Crippen LogP contribution in [-0.4, -0.2) is 27.2 Å². The van der Waals surface area contributed by atoms with E-state index < -0.39 is 0 Å². The largest absolute Gasteiger partial charge is 0.349 e. The van der Waals surface area contributed by atoms with Crippen LogP contribution in [0.1, 0.15) is 23.7 Å². The minimum absolute atomic E-state index is 0.157. The van der Waals surface area contributed by atoms with Crippen molar-refractivity contribution in [2.75, 3.05) is 5.32 Å². The standard InChI is InChI=1S/C18H18N4O2/c1-13(20-18(24)14-5-3-2-4-6-14)11-17(23)21-15-7-8-16-19-9-10-22(16)12-15/h2-10,12-13H,11H2,1H3,(H,20,24)(H,21,23). The van der Waals surface area contributed by atoms with Crippen LogP contribution < -0.4 is 10.6 Å². The summed E-state index contributed by atoms with van der Waals surface area (Å²) < 4.78 is 1.83. The molecule has 3 rings (SSSR count). The topological polar surface area (TPSA) is 75.5 Å². The normalized spacial score (nSPS) is 11.9. The monoisotopic (exact) mass is 322 g/mol. The maximum absolute atomic E-state index is 12.1. The number of carbonyl (C=O) groups is 2. The SMILES string of the molecule is CC(CC(=O)Nc1ccc2nccn2c1)NC(=O)c1ccccc1. The molecule has 6 nitrogen and oxygen atoms in total. The second-order valence-corrected chi connectivity index (χ2v) is 5.60. The van der Waals surface area contributed by atoms with Crippen LogP contribution in [-0.2, 0) is 4.79 Å². The summed E-state index contributed by atoms with van der Waals surface area (Å²) in [6.07, 6.45) is 5.50. The summed E-state index contributed by atoms with van der Waals surface area (Å²) in [5.41, 5.74) is 2.08. The molecule has 122 valence electrons. The summed E-state index contributed by atoms with van der Waals surface area (Å²) in [6, 6.07) is 12.3. The second-order valence-electron chi connectivity index (χ2n) is 5.60. The van der Waals surface area contributed by atoms with Gasteiger partial charge >= 0.3 is 0 Å². The first-order chi connectivity index (χ1) is 11.6. The van der Waals surface area contributed by atoms with E-state index in [1.54, 1.807) is 49.6 Å². The zero-order valence-electron chi connectivity index (χ0n) is 13.3. The van der Waals surface area contributed by atoms with Crippen molar-refractivity contribution in [3.8, 4) is 0 Å². The van der Waals surface area contributed by atoms with Crippen LogP contribution in [0.15, 0.2) is 61.1 Å². The predicted octanol–water partition coefficient (Wildman–Crippen LogP) is 2.48. The first-order valence-electron chi connectivity index (χ1n) is 7.70. The Balaban J connectivity index is 1.55. The molecule has 2 amide bonds. The van der Waals surface area contributed by atoms with Crippen molar-refractivity contribution in [1.29, 1.82) is 0 Å². The van der Waals surface area contributed by atoms with Crippen LogP contribution in [0.5, 0.6) is 0 Å². The van der Waals surface area contributed by atoms with Gasteiger partial charge in [-0.2, -0.15) is 0 Å². The van der Waals surface area contributed by atoms with E-state index in [9.17, 15) is 9.59 Å². The Hall–Kier alpha value is -3.15. The third-order valence-electron chi connectivity index (χ3n) is 3.58. The van der Waals surface area contributed by atoms with Gasteiger partial charge in [-0.3, -0.25) is 9.59 Å². The van der Waals surface area contributed by atoms with E-state index in [1.807, 2.05) is 22.7 Å². The molecule has 6 heteroatoms. The number of hydrogen-bond acceptors (Lipinski definition) is 3. The molecule has 1 unspecified atom stereocenters. The van der Waals surface area contributed by atoms with Crippen LogP contribution >= 0.6 is 0 Å². The van der Waals surface area contributed by atoms with Crippen molar-refractivity contribution in [1.82, 2.24) is 14.7 Å². The van der Waals surface area contributed by atoms with Crippen molar-refractivity contribution in [2.45, 2.75) is 19.4 Å². The van der Waals surface area contributed by atoms with Crippen molar-refractivity contribution >= 4 is 23.1 Å². The Kier molecular flexibility index (Phi) is 4.56. The third-order valence-corrected chi connectivity index (χ3v) is 3.58. The van der Waals surface area contributed by atoms with E-state index in [-0.39, 0.29) is 24.3 Å². The lowest BCUT2D eigenvalue weighted by atomic mass is 10.1. The molecule has 2 N–H and O–H groups in total. The molecule has 0 aliphatic rings. The third kappa shape index (κ3) is 3.78. The average Bonchev–Trinajstić information content (AvgIpc) is 3.03. The van der Waals surface area contributed by atoms with Crippen LogP contribution in [0.3, 0.4) is 0 Å². The highest BCUT2D eigenvalue weighted by Gasteiger charge is 2.13. The van der Waals surface area contributed by atoms with Gasteiger partial charge in [-0.1, -0.05) is 18.2 Å². The number of nitrogens with one attached hydrogen (secondary N) is 2. The lowest BCUT2D eigenvalue weighted by Crippen LogP contribution is -2.35. The van der Waals surface area contributed by atoms with Crippen LogP contribution in [0, 0.1) is 0 Å². The maximum Gasteiger partial charge on any atom is 0.251 e. The van der Waals surface area contributed by atoms with Crippen LogP contribution in [0.4, 0.5) is 5.69 Å². The second kappa shape index (κ2) is 6.95. The highest BCUT2D eigenvalue weighted by atomic mass is 16.2. The first-order valence-corrected chi connectivity index (χ1v) is 7.70. The quantitative estimate of drug-likeness (QED) is 0.758. The highest BCUT2D eigenvalue weighted by molar-refractivity contribution is 5.95. The summed E-state index contributed by atoms with van der Waals surface area (Å²) >= 11 is 0. The average molecular weight is 322 g/mol. The molecule has 0 saturated heterocycles. The number of fused-ring (bicyclic) bond motifs is 1. The van der Waals surface area contributed by atoms with Crippen molar-refractivity contribution in [3.05, 3.63) is 66.6 Å². The van der Waals surface area contributed by atoms with Crippen LogP contribution in [0.2, 0.25) is 0 Å². The van der Waals surface area contributed by atoms with Crippen LogP contribution in [0.25, 0.3) is 5.65 Å². The Morgan fingerprint density at radius 3 is 2.75 bits per heavy atom. The Morgan fingerprint density at radius 1 is 1.17 bits per heavy atom. The number of carbonyl (C=O) groups excluding carboxylic acids is 2. The summed E-state index contributed by atoms with van der Waals surface area (Å²) in [7, 11) is 0. The summed E-state index contributed by atoms with van der Waals surface area (Å²) in [5.74, 6) is -0.342. The fourth-order valence-electron chi connectivity index (χ4n) is 2.43. The molecule has 24 heavy (non-hydrogen) atoms. The van der Waals surface area contributed by atoms with Gasteiger partial charge in [0.2, 0.25) is 5.91 Å². The van der Waals surface area contributed by atoms with Gasteiger partial charge in [-0.25, -0.2) is 4.98 Å². The number of pyridine rings is 1. The molecule has 1 atom stereocenters. The summed E-state index contributed by atoms with van der Waals surface area (Å²) in [4.78, 5) is 28.3. The van der Waals surface area contributed by atoms with Gasteiger partial charge in [-0.15, -0.1) is 0 Å². The number of anilines is 1. The molecule has 0 radical (unpaired) electrons. The number of imidazole rings is 1. The zero-order chi connectivity index (χ0) is 16.9. The zero-order valence-corrected chi connectivity index (χ0v) is 13.3. The molecule has 0 spiro atoms. The van der Waals surface area contributed by atoms with Gasteiger partial charge in [0.15, 0.2) is 0 Å². The molecular weight excluding hydrogens is 304 g/mol. The van der Waals surface area contributed by atoms with Crippen molar-refractivity contribution in [2.24, 2.45) is 0 Å². The van der Waals surface area contributed by atoms with Gasteiger partial charge < -0.3 is 15.0 Å². The molecule has 2 aromatic heterocycles. The lowest BCUT2D eigenvalue weighted by molar-refractivity contribution is -0.116. The molecule has 0 saturated carbocycles. The molecule has 1 aromatic carbocycles. The molecule has 2 heterocycles. The van der Waals surface area contributed by atoms with E-state index in [0.29, 0.717) is 11.3 Å². The minimum Gasteiger partial charge on any atom is -0.349 e. The Labute approximate surface area is 139 Å². The van der Waals surface area contributed by atoms with Crippen molar-refractivity contribution < 1.29 is 9.59 Å². The summed E-state index contributed by atoms with van der Waals surface area (Å²) in [6.45, 7) is 1.81. The minimum atomic E-state index is -0.269.